The Labute approximate surface area is 140 Å². The minimum Gasteiger partial charge on any atom is -0.478 e. The van der Waals surface area contributed by atoms with Gasteiger partial charge in [-0.05, 0) is 11.6 Å². The van der Waals surface area contributed by atoms with Gasteiger partial charge in [-0.3, -0.25) is 10.1 Å². The highest BCUT2D eigenvalue weighted by Gasteiger charge is 2.20. The van der Waals surface area contributed by atoms with Gasteiger partial charge >= 0.3 is 5.97 Å². The highest BCUT2D eigenvalue weighted by Crippen LogP contribution is 2.37. The minimum absolute atomic E-state index is 0.0473. The van der Waals surface area contributed by atoms with Crippen molar-refractivity contribution in [1.82, 2.24) is 9.97 Å². The Morgan fingerprint density at radius 3 is 2.60 bits per heavy atom. The lowest BCUT2D eigenvalue weighted by atomic mass is 9.96. The Morgan fingerprint density at radius 2 is 1.92 bits per heavy atom. The summed E-state index contributed by atoms with van der Waals surface area (Å²) in [4.78, 5) is 29.6. The first-order chi connectivity index (χ1) is 12.1. The van der Waals surface area contributed by atoms with Crippen molar-refractivity contribution in [3.8, 4) is 11.1 Å². The van der Waals surface area contributed by atoms with Crippen LogP contribution in [0.1, 0.15) is 10.4 Å². The Morgan fingerprint density at radius 1 is 1.16 bits per heavy atom. The van der Waals surface area contributed by atoms with Crippen LogP contribution >= 0.6 is 0 Å². The average Bonchev–Trinajstić information content (AvgIpc) is 2.99. The average molecular weight is 333 g/mol. The van der Waals surface area contributed by atoms with E-state index in [-0.39, 0.29) is 11.3 Å². The summed E-state index contributed by atoms with van der Waals surface area (Å²) in [5.74, 6) is -1.10. The number of nitrogens with zero attached hydrogens (tertiary/aromatic N) is 2. The van der Waals surface area contributed by atoms with Crippen molar-refractivity contribution in [2.75, 3.05) is 0 Å². The van der Waals surface area contributed by atoms with Crippen molar-refractivity contribution in [2.45, 2.75) is 0 Å². The van der Waals surface area contributed by atoms with Crippen LogP contribution in [-0.2, 0) is 0 Å². The number of non-ortho nitro benzene ring substituents is 1. The predicted octanol–water partition coefficient (Wildman–Crippen LogP) is 3.99. The minimum atomic E-state index is -1.10. The summed E-state index contributed by atoms with van der Waals surface area (Å²) in [5, 5.41) is 21.8. The lowest BCUT2D eigenvalue weighted by Crippen LogP contribution is -2.01. The number of nitrogens with one attached hydrogen (secondary N) is 1. The molecule has 0 aliphatic heterocycles. The SMILES string of the molecule is O=C(O)c1cnc2[nH]c3ccc([N+](=O)[O-])cc3c2c1-c1ccccc1. The van der Waals surface area contributed by atoms with E-state index < -0.39 is 10.9 Å². The van der Waals surface area contributed by atoms with Crippen LogP contribution < -0.4 is 0 Å². The molecule has 2 N–H and O–H groups in total. The van der Waals surface area contributed by atoms with Crippen molar-refractivity contribution < 1.29 is 14.8 Å². The number of nitro groups is 1. The van der Waals surface area contributed by atoms with Gasteiger partial charge in [0.1, 0.15) is 5.65 Å². The fourth-order valence-corrected chi connectivity index (χ4v) is 3.02. The van der Waals surface area contributed by atoms with E-state index in [4.69, 9.17) is 0 Å². The number of carboxylic acid groups (broad SMARTS) is 1. The largest absolute Gasteiger partial charge is 0.478 e. The van der Waals surface area contributed by atoms with E-state index in [9.17, 15) is 20.0 Å². The number of aromatic nitrogens is 2. The molecule has 0 amide bonds. The summed E-state index contributed by atoms with van der Waals surface area (Å²) in [6.45, 7) is 0. The van der Waals surface area contributed by atoms with E-state index in [1.807, 2.05) is 18.2 Å². The Hall–Kier alpha value is -3.74. The summed E-state index contributed by atoms with van der Waals surface area (Å²) in [5.41, 5.74) is 2.33. The molecule has 7 heteroatoms. The molecule has 7 nitrogen and oxygen atoms in total. The molecule has 0 aliphatic carbocycles. The standard InChI is InChI=1S/C18H11N3O4/c22-18(23)13-9-19-17-16(15(13)10-4-2-1-3-5-10)12-8-11(21(24)25)6-7-14(12)20-17/h1-9H,(H,19,20)(H,22,23). The smallest absolute Gasteiger partial charge is 0.337 e. The van der Waals surface area contributed by atoms with Crippen molar-refractivity contribution in [2.24, 2.45) is 0 Å². The molecule has 0 spiro atoms. The predicted molar refractivity (Wildman–Crippen MR) is 92.6 cm³/mol. The summed E-state index contributed by atoms with van der Waals surface area (Å²) >= 11 is 0. The molecule has 0 bridgehead atoms. The number of rotatable bonds is 3. The zero-order valence-corrected chi connectivity index (χ0v) is 12.8. The summed E-state index contributed by atoms with van der Waals surface area (Å²) in [7, 11) is 0. The Kier molecular flexibility index (Phi) is 3.21. The van der Waals surface area contributed by atoms with Gasteiger partial charge in [-0.25, -0.2) is 9.78 Å². The number of nitro benzene ring substituents is 1. The van der Waals surface area contributed by atoms with Crippen LogP contribution in [0, 0.1) is 10.1 Å². The van der Waals surface area contributed by atoms with Gasteiger partial charge in [-0.15, -0.1) is 0 Å². The van der Waals surface area contributed by atoms with E-state index in [0.29, 0.717) is 33.1 Å². The normalized spacial score (nSPS) is 11.0. The zero-order chi connectivity index (χ0) is 17.6. The van der Waals surface area contributed by atoms with Gasteiger partial charge in [0, 0.05) is 40.2 Å². The van der Waals surface area contributed by atoms with Gasteiger partial charge in [-0.1, -0.05) is 30.3 Å². The van der Waals surface area contributed by atoms with Gasteiger partial charge in [0.2, 0.25) is 0 Å². The maximum absolute atomic E-state index is 11.7. The van der Waals surface area contributed by atoms with E-state index in [2.05, 4.69) is 9.97 Å². The van der Waals surface area contributed by atoms with Crippen LogP contribution in [0.4, 0.5) is 5.69 Å². The molecule has 0 saturated heterocycles. The molecule has 122 valence electrons. The maximum Gasteiger partial charge on any atom is 0.337 e. The summed E-state index contributed by atoms with van der Waals surface area (Å²) in [6, 6.07) is 13.5. The highest BCUT2D eigenvalue weighted by molar-refractivity contribution is 6.17. The number of hydrogen-bond donors (Lipinski definition) is 2. The van der Waals surface area contributed by atoms with Crippen LogP contribution in [0.2, 0.25) is 0 Å². The molecule has 0 fully saturated rings. The molecule has 0 saturated carbocycles. The number of H-pyrrole nitrogens is 1. The number of hydrogen-bond acceptors (Lipinski definition) is 4. The lowest BCUT2D eigenvalue weighted by molar-refractivity contribution is -0.384. The molecule has 0 unspecified atom stereocenters. The fourth-order valence-electron chi connectivity index (χ4n) is 3.02. The number of aromatic amines is 1. The molecule has 4 rings (SSSR count). The van der Waals surface area contributed by atoms with E-state index >= 15 is 0 Å². The highest BCUT2D eigenvalue weighted by atomic mass is 16.6. The van der Waals surface area contributed by atoms with E-state index in [1.165, 1.54) is 18.3 Å². The molecular weight excluding hydrogens is 322 g/mol. The van der Waals surface area contributed by atoms with Crippen molar-refractivity contribution >= 4 is 33.6 Å². The van der Waals surface area contributed by atoms with Crippen LogP contribution in [0.15, 0.2) is 54.7 Å². The van der Waals surface area contributed by atoms with E-state index in [0.717, 1.165) is 0 Å². The molecule has 2 heterocycles. The van der Waals surface area contributed by atoms with Gasteiger partial charge < -0.3 is 10.1 Å². The Balaban J connectivity index is 2.19. The number of carbonyl (C=O) groups is 1. The van der Waals surface area contributed by atoms with Crippen LogP contribution in [-0.4, -0.2) is 26.0 Å². The second-order valence-electron chi connectivity index (χ2n) is 5.55. The molecule has 0 atom stereocenters. The maximum atomic E-state index is 11.7. The molecule has 2 aromatic heterocycles. The van der Waals surface area contributed by atoms with Crippen LogP contribution in [0.25, 0.3) is 33.1 Å². The first-order valence-corrected chi connectivity index (χ1v) is 7.44. The third-order valence-electron chi connectivity index (χ3n) is 4.11. The second-order valence-corrected chi connectivity index (χ2v) is 5.55. The zero-order valence-electron chi connectivity index (χ0n) is 12.8. The number of fused-ring (bicyclic) bond motifs is 3. The van der Waals surface area contributed by atoms with Crippen LogP contribution in [0.5, 0.6) is 0 Å². The van der Waals surface area contributed by atoms with Gasteiger partial charge in [-0.2, -0.15) is 0 Å². The number of benzene rings is 2. The van der Waals surface area contributed by atoms with Crippen molar-refractivity contribution in [1.29, 1.82) is 0 Å². The van der Waals surface area contributed by atoms with Crippen molar-refractivity contribution in [3.63, 3.8) is 0 Å². The van der Waals surface area contributed by atoms with Crippen molar-refractivity contribution in [3.05, 3.63) is 70.4 Å². The summed E-state index contributed by atoms with van der Waals surface area (Å²) in [6.07, 6.45) is 1.30. The first-order valence-electron chi connectivity index (χ1n) is 7.44. The summed E-state index contributed by atoms with van der Waals surface area (Å²) < 4.78 is 0. The molecule has 2 aromatic carbocycles. The fraction of sp³-hybridized carbons (Fsp3) is 0. The second kappa shape index (κ2) is 5.41. The Bertz CT molecular complexity index is 1150. The third kappa shape index (κ3) is 2.29. The molecule has 4 aromatic rings. The first kappa shape index (κ1) is 14.8. The van der Waals surface area contributed by atoms with Gasteiger partial charge in [0.05, 0.1) is 10.5 Å². The topological polar surface area (TPSA) is 109 Å². The number of pyridine rings is 1. The molecule has 0 aliphatic rings. The number of carboxylic acids is 1. The molecule has 25 heavy (non-hydrogen) atoms. The third-order valence-corrected chi connectivity index (χ3v) is 4.11. The van der Waals surface area contributed by atoms with Gasteiger partial charge in [0.25, 0.3) is 5.69 Å². The van der Waals surface area contributed by atoms with Gasteiger partial charge in [0.15, 0.2) is 0 Å². The molecular formula is C18H11N3O4. The van der Waals surface area contributed by atoms with Crippen LogP contribution in [0.3, 0.4) is 0 Å². The van der Waals surface area contributed by atoms with E-state index in [1.54, 1.807) is 18.2 Å². The lowest BCUT2D eigenvalue weighted by Gasteiger charge is -2.08. The quantitative estimate of drug-likeness (QED) is 0.435. The number of aromatic carboxylic acids is 1. The monoisotopic (exact) mass is 333 g/mol. The molecule has 0 radical (unpaired) electrons.